The van der Waals surface area contributed by atoms with Crippen LogP contribution in [0.1, 0.15) is 12.5 Å². The predicted octanol–water partition coefficient (Wildman–Crippen LogP) is 0.324. The van der Waals surface area contributed by atoms with Gasteiger partial charge in [0.05, 0.1) is 23.9 Å². The van der Waals surface area contributed by atoms with Crippen LogP contribution in [0.4, 0.5) is 0 Å². The van der Waals surface area contributed by atoms with Gasteiger partial charge in [-0.05, 0) is 26.0 Å². The van der Waals surface area contributed by atoms with Crippen molar-refractivity contribution in [1.82, 2.24) is 9.03 Å². The summed E-state index contributed by atoms with van der Waals surface area (Å²) in [6.45, 7) is 4.48. The summed E-state index contributed by atoms with van der Waals surface area (Å²) in [6, 6.07) is 6.15. The average molecular weight is 362 g/mol. The van der Waals surface area contributed by atoms with Gasteiger partial charge in [0.15, 0.2) is 0 Å². The summed E-state index contributed by atoms with van der Waals surface area (Å²) in [7, 11) is -7.22. The van der Waals surface area contributed by atoms with Gasteiger partial charge in [0.2, 0.25) is 20.0 Å². The third kappa shape index (κ3) is 4.74. The minimum absolute atomic E-state index is 0.125. The van der Waals surface area contributed by atoms with Crippen molar-refractivity contribution >= 4 is 20.0 Å². The van der Waals surface area contributed by atoms with E-state index in [-0.39, 0.29) is 23.2 Å². The summed E-state index contributed by atoms with van der Waals surface area (Å²) in [6.07, 6.45) is 0. The van der Waals surface area contributed by atoms with Gasteiger partial charge in [-0.2, -0.15) is 4.31 Å². The molecule has 0 radical (unpaired) electrons. The van der Waals surface area contributed by atoms with Crippen LogP contribution in [0.5, 0.6) is 0 Å². The maximum absolute atomic E-state index is 12.3. The lowest BCUT2D eigenvalue weighted by Gasteiger charge is -2.32. The second kappa shape index (κ2) is 7.27. The number of aryl methyl sites for hydroxylation is 1. The molecule has 23 heavy (non-hydrogen) atoms. The van der Waals surface area contributed by atoms with E-state index in [1.54, 1.807) is 19.1 Å². The molecular weight excluding hydrogens is 340 g/mol. The molecule has 2 rings (SSSR count). The van der Waals surface area contributed by atoms with Gasteiger partial charge in [0, 0.05) is 19.1 Å². The van der Waals surface area contributed by atoms with E-state index in [0.717, 1.165) is 5.56 Å². The van der Waals surface area contributed by atoms with Crippen LogP contribution in [0.15, 0.2) is 29.2 Å². The van der Waals surface area contributed by atoms with Crippen molar-refractivity contribution in [2.75, 3.05) is 32.1 Å². The van der Waals surface area contributed by atoms with Crippen LogP contribution < -0.4 is 4.72 Å². The quantitative estimate of drug-likeness (QED) is 0.787. The molecule has 0 spiro atoms. The number of nitrogens with one attached hydrogen (secondary N) is 1. The highest BCUT2D eigenvalue weighted by atomic mass is 32.2. The zero-order valence-corrected chi connectivity index (χ0v) is 14.9. The molecule has 0 bridgehead atoms. The smallest absolute Gasteiger partial charge is 0.240 e. The molecule has 1 fully saturated rings. The highest BCUT2D eigenvalue weighted by molar-refractivity contribution is 7.90. The van der Waals surface area contributed by atoms with Gasteiger partial charge < -0.3 is 4.74 Å². The Morgan fingerprint density at radius 2 is 1.87 bits per heavy atom. The van der Waals surface area contributed by atoms with Crippen molar-refractivity contribution in [2.24, 2.45) is 0 Å². The third-order valence-electron chi connectivity index (χ3n) is 3.65. The van der Waals surface area contributed by atoms with Crippen molar-refractivity contribution in [1.29, 1.82) is 0 Å². The molecule has 7 nitrogen and oxygen atoms in total. The highest BCUT2D eigenvalue weighted by Gasteiger charge is 2.30. The minimum atomic E-state index is -3.70. The van der Waals surface area contributed by atoms with E-state index >= 15 is 0 Å². The highest BCUT2D eigenvalue weighted by Crippen LogP contribution is 2.13. The molecule has 1 N–H and O–H groups in total. The molecule has 130 valence electrons. The zero-order valence-electron chi connectivity index (χ0n) is 13.2. The Balaban J connectivity index is 1.96. The molecule has 9 heteroatoms. The van der Waals surface area contributed by atoms with Crippen LogP contribution in [0.3, 0.4) is 0 Å². The predicted molar refractivity (Wildman–Crippen MR) is 87.1 cm³/mol. The monoisotopic (exact) mass is 362 g/mol. The first-order valence-corrected chi connectivity index (χ1v) is 10.5. The molecule has 1 atom stereocenters. The minimum Gasteiger partial charge on any atom is -0.378 e. The summed E-state index contributed by atoms with van der Waals surface area (Å²) in [5.74, 6) is -0.275. The van der Waals surface area contributed by atoms with E-state index < -0.39 is 20.0 Å². The van der Waals surface area contributed by atoms with Gasteiger partial charge in [-0.1, -0.05) is 17.7 Å². The summed E-state index contributed by atoms with van der Waals surface area (Å²) < 4.78 is 57.8. The first kappa shape index (κ1) is 18.3. The Morgan fingerprint density at radius 1 is 1.22 bits per heavy atom. The van der Waals surface area contributed by atoms with Crippen LogP contribution in [-0.2, 0) is 24.8 Å². The van der Waals surface area contributed by atoms with Crippen LogP contribution >= 0.6 is 0 Å². The summed E-state index contributed by atoms with van der Waals surface area (Å²) in [4.78, 5) is 0.125. The summed E-state index contributed by atoms with van der Waals surface area (Å²) in [5, 5.41) is 0. The Labute approximate surface area is 137 Å². The van der Waals surface area contributed by atoms with Crippen LogP contribution in [0.2, 0.25) is 0 Å². The number of hydrogen-bond acceptors (Lipinski definition) is 5. The normalized spacial score (nSPS) is 20.5. The number of hydrogen-bond donors (Lipinski definition) is 1. The van der Waals surface area contributed by atoms with E-state index in [9.17, 15) is 16.8 Å². The number of benzene rings is 1. The third-order valence-corrected chi connectivity index (χ3v) is 7.10. The van der Waals surface area contributed by atoms with Gasteiger partial charge in [-0.15, -0.1) is 0 Å². The SMILES string of the molecule is Cc1ccc(S(=O)(=O)NCCS(=O)(=O)N2CCOCC2C)cc1. The molecule has 0 amide bonds. The van der Waals surface area contributed by atoms with Gasteiger partial charge >= 0.3 is 0 Å². The largest absolute Gasteiger partial charge is 0.378 e. The van der Waals surface area contributed by atoms with Crippen molar-refractivity contribution in [2.45, 2.75) is 24.8 Å². The Bertz CT molecular complexity index is 729. The van der Waals surface area contributed by atoms with Gasteiger partial charge in [-0.3, -0.25) is 0 Å². The molecule has 1 aliphatic rings. The molecule has 1 aromatic carbocycles. The van der Waals surface area contributed by atoms with E-state index in [4.69, 9.17) is 4.74 Å². The Kier molecular flexibility index (Phi) is 5.79. The first-order valence-electron chi connectivity index (χ1n) is 7.36. The van der Waals surface area contributed by atoms with E-state index in [1.807, 2.05) is 6.92 Å². The molecule has 0 aliphatic carbocycles. The Hall–Kier alpha value is -1.00. The first-order chi connectivity index (χ1) is 10.7. The number of nitrogens with zero attached hydrogens (tertiary/aromatic N) is 1. The second-order valence-corrected chi connectivity index (χ2v) is 9.37. The molecule has 1 heterocycles. The molecule has 1 unspecified atom stereocenters. The lowest BCUT2D eigenvalue weighted by molar-refractivity contribution is 0.0393. The van der Waals surface area contributed by atoms with Gasteiger partial charge in [-0.25, -0.2) is 21.6 Å². The standard InChI is InChI=1S/C14H22N2O5S2/c1-12-3-5-14(6-4-12)23(19,20)15-7-10-22(17,18)16-8-9-21-11-13(16)2/h3-6,13,15H,7-11H2,1-2H3. The van der Waals surface area contributed by atoms with Crippen molar-refractivity contribution < 1.29 is 21.6 Å². The van der Waals surface area contributed by atoms with Crippen LogP contribution in [0, 0.1) is 6.92 Å². The average Bonchev–Trinajstić information content (AvgIpc) is 2.47. The molecular formula is C14H22N2O5S2. The number of ether oxygens (including phenoxy) is 1. The van der Waals surface area contributed by atoms with E-state index in [2.05, 4.69) is 4.72 Å². The van der Waals surface area contributed by atoms with E-state index in [1.165, 1.54) is 16.4 Å². The van der Waals surface area contributed by atoms with Gasteiger partial charge in [0.25, 0.3) is 0 Å². The number of sulfonamides is 2. The van der Waals surface area contributed by atoms with Crippen molar-refractivity contribution in [3.8, 4) is 0 Å². The maximum Gasteiger partial charge on any atom is 0.240 e. The lowest BCUT2D eigenvalue weighted by Crippen LogP contribution is -2.49. The van der Waals surface area contributed by atoms with Crippen LogP contribution in [-0.4, -0.2) is 59.2 Å². The fourth-order valence-electron chi connectivity index (χ4n) is 2.35. The number of morpholine rings is 1. The Morgan fingerprint density at radius 3 is 2.48 bits per heavy atom. The fraction of sp³-hybridized carbons (Fsp3) is 0.571. The summed E-state index contributed by atoms with van der Waals surface area (Å²) in [5.41, 5.74) is 0.952. The second-order valence-electron chi connectivity index (χ2n) is 5.56. The fourth-order valence-corrected chi connectivity index (χ4v) is 5.07. The molecule has 1 aromatic rings. The number of rotatable bonds is 6. The summed E-state index contributed by atoms with van der Waals surface area (Å²) >= 11 is 0. The lowest BCUT2D eigenvalue weighted by atomic mass is 10.2. The molecule has 0 saturated carbocycles. The molecule has 1 saturated heterocycles. The maximum atomic E-state index is 12.3. The zero-order chi connectivity index (χ0) is 17.1. The van der Waals surface area contributed by atoms with Crippen LogP contribution in [0.25, 0.3) is 0 Å². The van der Waals surface area contributed by atoms with Crippen molar-refractivity contribution in [3.63, 3.8) is 0 Å². The van der Waals surface area contributed by atoms with E-state index in [0.29, 0.717) is 19.8 Å². The molecule has 0 aromatic heterocycles. The van der Waals surface area contributed by atoms with Crippen molar-refractivity contribution in [3.05, 3.63) is 29.8 Å². The molecule has 1 aliphatic heterocycles. The van der Waals surface area contributed by atoms with Gasteiger partial charge in [0.1, 0.15) is 0 Å². The topological polar surface area (TPSA) is 92.8 Å².